The first-order valence-electron chi connectivity index (χ1n) is 18.0. The number of rotatable bonds is 33. The van der Waals surface area contributed by atoms with Crippen LogP contribution in [0, 0.1) is 0 Å². The number of aliphatic carboxylic acids is 1. The molecule has 1 unspecified atom stereocenters. The molecule has 40 heavy (non-hydrogen) atoms. The van der Waals surface area contributed by atoms with Crippen LogP contribution in [0.1, 0.15) is 213 Å². The van der Waals surface area contributed by atoms with Crippen molar-refractivity contribution in [1.82, 2.24) is 0 Å². The van der Waals surface area contributed by atoms with E-state index in [2.05, 4.69) is 13.8 Å². The lowest BCUT2D eigenvalue weighted by Gasteiger charge is -2.16. The number of ether oxygens (including phenoxy) is 1. The van der Waals surface area contributed by atoms with E-state index in [0.29, 0.717) is 12.8 Å². The van der Waals surface area contributed by atoms with E-state index < -0.39 is 5.97 Å². The van der Waals surface area contributed by atoms with Gasteiger partial charge in [0, 0.05) is 12.8 Å². The number of carbonyl (C=O) groups excluding carboxylic acids is 1. The van der Waals surface area contributed by atoms with Gasteiger partial charge in [-0.3, -0.25) is 9.59 Å². The lowest BCUT2D eigenvalue weighted by atomic mass is 10.0. The molecule has 0 saturated carbocycles. The topological polar surface area (TPSA) is 63.6 Å². The van der Waals surface area contributed by atoms with Crippen LogP contribution in [0.3, 0.4) is 0 Å². The predicted octanol–water partition coefficient (Wildman–Crippen LogP) is 12.1. The van der Waals surface area contributed by atoms with Gasteiger partial charge in [0.15, 0.2) is 0 Å². The minimum absolute atomic E-state index is 0.0171. The number of carbonyl (C=O) groups is 2. The molecule has 0 rings (SSSR count). The quantitative estimate of drug-likeness (QED) is 0.0633. The zero-order valence-electron chi connectivity index (χ0n) is 27.2. The zero-order valence-corrected chi connectivity index (χ0v) is 27.2. The van der Waals surface area contributed by atoms with Crippen molar-refractivity contribution < 1.29 is 19.4 Å². The highest BCUT2D eigenvalue weighted by Gasteiger charge is 2.12. The Bertz CT molecular complexity index is 533. The lowest BCUT2D eigenvalue weighted by Crippen LogP contribution is -2.17. The third-order valence-electron chi connectivity index (χ3n) is 8.40. The molecule has 4 nitrogen and oxygen atoms in total. The Morgan fingerprint density at radius 1 is 0.475 bits per heavy atom. The number of esters is 1. The fourth-order valence-corrected chi connectivity index (χ4v) is 5.65. The second-order valence-corrected chi connectivity index (χ2v) is 12.4. The van der Waals surface area contributed by atoms with E-state index in [1.165, 1.54) is 148 Å². The molecule has 4 heteroatoms. The number of hydrogen-bond acceptors (Lipinski definition) is 3. The summed E-state index contributed by atoms with van der Waals surface area (Å²) < 4.78 is 5.77. The van der Waals surface area contributed by atoms with Gasteiger partial charge < -0.3 is 9.84 Å². The van der Waals surface area contributed by atoms with Gasteiger partial charge in [-0.15, -0.1) is 0 Å². The molecule has 0 aliphatic carbocycles. The van der Waals surface area contributed by atoms with Crippen LogP contribution in [0.2, 0.25) is 0 Å². The summed E-state index contributed by atoms with van der Waals surface area (Å²) in [5.41, 5.74) is 0. The van der Waals surface area contributed by atoms with Crippen LogP contribution in [-0.4, -0.2) is 23.1 Å². The Hall–Kier alpha value is -1.06. The molecule has 0 aliphatic heterocycles. The van der Waals surface area contributed by atoms with Crippen molar-refractivity contribution in [2.75, 3.05) is 0 Å². The molecule has 0 bridgehead atoms. The summed E-state index contributed by atoms with van der Waals surface area (Å²) in [5.74, 6) is -0.653. The van der Waals surface area contributed by atoms with E-state index in [1.54, 1.807) is 0 Å². The predicted molar refractivity (Wildman–Crippen MR) is 172 cm³/mol. The molecule has 0 aliphatic rings. The van der Waals surface area contributed by atoms with Crippen molar-refractivity contribution in [1.29, 1.82) is 0 Å². The van der Waals surface area contributed by atoms with Crippen molar-refractivity contribution in [2.45, 2.75) is 219 Å². The molecule has 0 radical (unpaired) electrons. The third kappa shape index (κ3) is 31.5. The number of carboxylic acids is 1. The molecule has 0 heterocycles. The van der Waals surface area contributed by atoms with Crippen LogP contribution in [0.5, 0.6) is 0 Å². The van der Waals surface area contributed by atoms with Gasteiger partial charge in [-0.05, 0) is 32.1 Å². The van der Waals surface area contributed by atoms with Gasteiger partial charge in [0.1, 0.15) is 6.10 Å². The Morgan fingerprint density at radius 2 is 0.800 bits per heavy atom. The Labute approximate surface area is 250 Å². The molecule has 1 atom stereocenters. The normalized spacial score (nSPS) is 12.1. The standard InChI is InChI=1S/C36H70O4/c1-3-5-6-7-8-9-10-11-12-13-18-21-24-27-30-33-36(39)40-34(4-2)31-28-25-22-19-16-14-15-17-20-23-26-29-32-35(37)38/h34H,3-33H2,1-2H3,(H,37,38). The van der Waals surface area contributed by atoms with Crippen molar-refractivity contribution in [3.63, 3.8) is 0 Å². The van der Waals surface area contributed by atoms with E-state index in [-0.39, 0.29) is 12.1 Å². The second-order valence-electron chi connectivity index (χ2n) is 12.4. The molecule has 0 aromatic rings. The van der Waals surface area contributed by atoms with Crippen LogP contribution < -0.4 is 0 Å². The summed E-state index contributed by atoms with van der Waals surface area (Å²) in [6.45, 7) is 4.42. The average molecular weight is 567 g/mol. The van der Waals surface area contributed by atoms with E-state index in [1.807, 2.05) is 0 Å². The molecular weight excluding hydrogens is 496 g/mol. The van der Waals surface area contributed by atoms with Gasteiger partial charge in [-0.1, -0.05) is 168 Å². The third-order valence-corrected chi connectivity index (χ3v) is 8.40. The van der Waals surface area contributed by atoms with Crippen molar-refractivity contribution in [2.24, 2.45) is 0 Å². The van der Waals surface area contributed by atoms with Crippen LogP contribution >= 0.6 is 0 Å². The zero-order chi connectivity index (χ0) is 29.4. The van der Waals surface area contributed by atoms with E-state index in [9.17, 15) is 9.59 Å². The maximum absolute atomic E-state index is 12.3. The first-order chi connectivity index (χ1) is 19.6. The molecular formula is C36H70O4. The van der Waals surface area contributed by atoms with Crippen LogP contribution in [-0.2, 0) is 14.3 Å². The fraction of sp³-hybridized carbons (Fsp3) is 0.944. The maximum atomic E-state index is 12.3. The van der Waals surface area contributed by atoms with Crippen molar-refractivity contribution in [3.05, 3.63) is 0 Å². The minimum atomic E-state index is -0.670. The summed E-state index contributed by atoms with van der Waals surface area (Å²) in [5, 5.41) is 8.64. The van der Waals surface area contributed by atoms with Gasteiger partial charge in [0.25, 0.3) is 0 Å². The van der Waals surface area contributed by atoms with Gasteiger partial charge in [-0.2, -0.15) is 0 Å². The van der Waals surface area contributed by atoms with E-state index in [0.717, 1.165) is 38.5 Å². The van der Waals surface area contributed by atoms with Crippen molar-refractivity contribution >= 4 is 11.9 Å². The Morgan fingerprint density at radius 3 is 1.15 bits per heavy atom. The highest BCUT2D eigenvalue weighted by molar-refractivity contribution is 5.69. The second kappa shape index (κ2) is 32.5. The first-order valence-corrected chi connectivity index (χ1v) is 18.0. The molecule has 1 N–H and O–H groups in total. The number of hydrogen-bond donors (Lipinski definition) is 1. The molecule has 0 amide bonds. The van der Waals surface area contributed by atoms with Gasteiger partial charge in [0.05, 0.1) is 0 Å². The summed E-state index contributed by atoms with van der Waals surface area (Å²) in [6.07, 6.45) is 37.7. The Balaban J connectivity index is 3.40. The monoisotopic (exact) mass is 567 g/mol. The molecule has 0 aromatic carbocycles. The fourth-order valence-electron chi connectivity index (χ4n) is 5.65. The van der Waals surface area contributed by atoms with Gasteiger partial charge >= 0.3 is 11.9 Å². The Kier molecular flexibility index (Phi) is 31.6. The lowest BCUT2D eigenvalue weighted by molar-refractivity contribution is -0.149. The maximum Gasteiger partial charge on any atom is 0.306 e. The largest absolute Gasteiger partial charge is 0.481 e. The first kappa shape index (κ1) is 38.9. The number of unbranched alkanes of at least 4 members (excludes halogenated alkanes) is 25. The summed E-state index contributed by atoms with van der Waals surface area (Å²) >= 11 is 0. The molecule has 0 aromatic heterocycles. The van der Waals surface area contributed by atoms with Crippen LogP contribution in [0.25, 0.3) is 0 Å². The average Bonchev–Trinajstić information content (AvgIpc) is 2.94. The number of carboxylic acid groups (broad SMARTS) is 1. The molecule has 0 spiro atoms. The van der Waals surface area contributed by atoms with Crippen LogP contribution in [0.4, 0.5) is 0 Å². The summed E-state index contributed by atoms with van der Waals surface area (Å²) in [7, 11) is 0. The van der Waals surface area contributed by atoms with Crippen molar-refractivity contribution in [3.8, 4) is 0 Å². The highest BCUT2D eigenvalue weighted by atomic mass is 16.5. The SMILES string of the molecule is CCCCCCCCCCCCCCCCCC(=O)OC(CC)CCCCCCCCCCCCCCC(=O)O. The summed E-state index contributed by atoms with van der Waals surface area (Å²) in [6, 6.07) is 0. The van der Waals surface area contributed by atoms with Crippen LogP contribution in [0.15, 0.2) is 0 Å². The van der Waals surface area contributed by atoms with E-state index in [4.69, 9.17) is 9.84 Å². The molecule has 0 fully saturated rings. The minimum Gasteiger partial charge on any atom is -0.481 e. The molecule has 238 valence electrons. The summed E-state index contributed by atoms with van der Waals surface area (Å²) in [4.78, 5) is 22.8. The van der Waals surface area contributed by atoms with E-state index >= 15 is 0 Å². The van der Waals surface area contributed by atoms with Gasteiger partial charge in [-0.25, -0.2) is 0 Å². The smallest absolute Gasteiger partial charge is 0.306 e. The van der Waals surface area contributed by atoms with Gasteiger partial charge in [0.2, 0.25) is 0 Å². The molecule has 0 saturated heterocycles. The highest BCUT2D eigenvalue weighted by Crippen LogP contribution is 2.17.